The minimum absolute atomic E-state index is 0.106. The summed E-state index contributed by atoms with van der Waals surface area (Å²) in [6.45, 7) is 10.8. The Kier molecular flexibility index (Phi) is 6.15. The predicted molar refractivity (Wildman–Crippen MR) is 102 cm³/mol. The summed E-state index contributed by atoms with van der Waals surface area (Å²) >= 11 is 0. The predicted octanol–water partition coefficient (Wildman–Crippen LogP) is 6.26. The maximum absolute atomic E-state index is 9.74. The molecule has 0 amide bonds. The molecule has 1 aliphatic rings. The molecule has 0 spiro atoms. The highest BCUT2D eigenvalue weighted by Gasteiger charge is 2.31. The van der Waals surface area contributed by atoms with Crippen molar-refractivity contribution in [3.63, 3.8) is 0 Å². The van der Waals surface area contributed by atoms with Crippen LogP contribution >= 0.6 is 0 Å². The third kappa shape index (κ3) is 5.15. The highest BCUT2D eigenvalue weighted by atomic mass is 16.5. The van der Waals surface area contributed by atoms with E-state index in [4.69, 9.17) is 4.74 Å². The van der Waals surface area contributed by atoms with Crippen LogP contribution in [0.15, 0.2) is 35.4 Å². The van der Waals surface area contributed by atoms with Crippen LogP contribution in [0.5, 0.6) is 11.5 Å². The summed E-state index contributed by atoms with van der Waals surface area (Å²) in [7, 11) is 0. The Morgan fingerprint density at radius 2 is 1.96 bits per heavy atom. The van der Waals surface area contributed by atoms with Gasteiger partial charge in [0.2, 0.25) is 0 Å². The molecule has 0 saturated carbocycles. The molecule has 1 aromatic rings. The second-order valence-electron chi connectivity index (χ2n) is 7.71. The standard InChI is InChI=1S/C22H32O2/c1-16(2)8-6-9-17(3)10-7-12-22(5)13-11-19-15-20(23)14-18(4)21(19)24-22/h8,10,14-15,23H,6-7,9,11-13H2,1-5H3/b17-10+. The van der Waals surface area contributed by atoms with Crippen LogP contribution in [0, 0.1) is 6.92 Å². The third-order valence-electron chi connectivity index (χ3n) is 4.87. The van der Waals surface area contributed by atoms with E-state index in [1.807, 2.05) is 13.0 Å². The Hall–Kier alpha value is -1.70. The average molecular weight is 328 g/mol. The number of phenolic OH excluding ortho intramolecular Hbond substituents is 1. The average Bonchev–Trinajstić information content (AvgIpc) is 2.48. The molecule has 0 fully saturated rings. The minimum Gasteiger partial charge on any atom is -0.508 e. The van der Waals surface area contributed by atoms with Gasteiger partial charge in [-0.15, -0.1) is 0 Å². The van der Waals surface area contributed by atoms with E-state index < -0.39 is 0 Å². The van der Waals surface area contributed by atoms with E-state index >= 15 is 0 Å². The summed E-state index contributed by atoms with van der Waals surface area (Å²) in [5.41, 5.74) is 4.92. The number of aryl methyl sites for hydroxylation is 2. The molecule has 1 unspecified atom stereocenters. The van der Waals surface area contributed by atoms with Gasteiger partial charge in [-0.25, -0.2) is 0 Å². The van der Waals surface area contributed by atoms with Gasteiger partial charge in [-0.2, -0.15) is 0 Å². The molecule has 1 N–H and O–H groups in total. The fraction of sp³-hybridized carbons (Fsp3) is 0.545. The summed E-state index contributed by atoms with van der Waals surface area (Å²) < 4.78 is 6.35. The van der Waals surface area contributed by atoms with Crippen LogP contribution in [0.2, 0.25) is 0 Å². The zero-order valence-electron chi connectivity index (χ0n) is 15.9. The van der Waals surface area contributed by atoms with Crippen molar-refractivity contribution in [2.45, 2.75) is 78.7 Å². The molecule has 1 atom stereocenters. The first-order valence-corrected chi connectivity index (χ1v) is 9.09. The number of benzene rings is 1. The Labute approximate surface area is 147 Å². The first-order chi connectivity index (χ1) is 11.3. The fourth-order valence-electron chi connectivity index (χ4n) is 3.35. The Morgan fingerprint density at radius 1 is 1.21 bits per heavy atom. The molecule has 132 valence electrons. The molecule has 1 aromatic carbocycles. The van der Waals surface area contributed by atoms with E-state index in [0.29, 0.717) is 5.75 Å². The number of phenols is 1. The van der Waals surface area contributed by atoms with E-state index in [2.05, 4.69) is 39.8 Å². The first kappa shape index (κ1) is 18.6. The molecule has 24 heavy (non-hydrogen) atoms. The molecule has 2 nitrogen and oxygen atoms in total. The summed E-state index contributed by atoms with van der Waals surface area (Å²) in [6.07, 6.45) is 11.0. The first-order valence-electron chi connectivity index (χ1n) is 9.09. The molecule has 0 bridgehead atoms. The van der Waals surface area contributed by atoms with Gasteiger partial charge in [-0.1, -0.05) is 23.3 Å². The van der Waals surface area contributed by atoms with Gasteiger partial charge in [0, 0.05) is 0 Å². The van der Waals surface area contributed by atoms with Crippen molar-refractivity contribution in [3.8, 4) is 11.5 Å². The van der Waals surface area contributed by atoms with Crippen molar-refractivity contribution < 1.29 is 9.84 Å². The molecule has 1 heterocycles. The van der Waals surface area contributed by atoms with Crippen molar-refractivity contribution in [2.24, 2.45) is 0 Å². The smallest absolute Gasteiger partial charge is 0.126 e. The van der Waals surface area contributed by atoms with Crippen LogP contribution in [-0.4, -0.2) is 10.7 Å². The quantitative estimate of drug-likeness (QED) is 0.625. The van der Waals surface area contributed by atoms with Gasteiger partial charge in [0.15, 0.2) is 0 Å². The maximum atomic E-state index is 9.74. The molecule has 0 aliphatic carbocycles. The maximum Gasteiger partial charge on any atom is 0.126 e. The minimum atomic E-state index is -0.106. The normalized spacial score (nSPS) is 20.3. The number of fused-ring (bicyclic) bond motifs is 1. The zero-order valence-corrected chi connectivity index (χ0v) is 15.9. The van der Waals surface area contributed by atoms with Crippen molar-refractivity contribution in [2.75, 3.05) is 0 Å². The molecule has 0 aromatic heterocycles. The number of hydrogen-bond donors (Lipinski definition) is 1. The van der Waals surface area contributed by atoms with Crippen molar-refractivity contribution in [1.82, 2.24) is 0 Å². The van der Waals surface area contributed by atoms with Gasteiger partial charge in [0.05, 0.1) is 0 Å². The highest BCUT2D eigenvalue weighted by molar-refractivity contribution is 5.47. The molecule has 1 aliphatic heterocycles. The highest BCUT2D eigenvalue weighted by Crippen LogP contribution is 2.39. The molecular formula is C22H32O2. The second kappa shape index (κ2) is 7.92. The molecule has 2 heteroatoms. The van der Waals surface area contributed by atoms with Crippen LogP contribution in [0.3, 0.4) is 0 Å². The number of hydrogen-bond acceptors (Lipinski definition) is 2. The Morgan fingerprint density at radius 3 is 2.67 bits per heavy atom. The van der Waals surface area contributed by atoms with E-state index in [9.17, 15) is 5.11 Å². The van der Waals surface area contributed by atoms with E-state index in [-0.39, 0.29) is 5.60 Å². The van der Waals surface area contributed by atoms with Gasteiger partial charge in [0.25, 0.3) is 0 Å². The lowest BCUT2D eigenvalue weighted by Crippen LogP contribution is -2.36. The second-order valence-corrected chi connectivity index (χ2v) is 7.71. The summed E-state index contributed by atoms with van der Waals surface area (Å²) in [4.78, 5) is 0. The van der Waals surface area contributed by atoms with Crippen LogP contribution in [-0.2, 0) is 6.42 Å². The lowest BCUT2D eigenvalue weighted by molar-refractivity contribution is 0.0561. The van der Waals surface area contributed by atoms with Gasteiger partial charge < -0.3 is 9.84 Å². The van der Waals surface area contributed by atoms with Crippen LogP contribution < -0.4 is 4.74 Å². The lowest BCUT2D eigenvalue weighted by atomic mass is 9.87. The van der Waals surface area contributed by atoms with Crippen LogP contribution in [0.1, 0.15) is 70.9 Å². The van der Waals surface area contributed by atoms with Gasteiger partial charge in [-0.3, -0.25) is 0 Å². The number of aromatic hydroxyl groups is 1. The van der Waals surface area contributed by atoms with Crippen molar-refractivity contribution >= 4 is 0 Å². The number of ether oxygens (including phenoxy) is 1. The van der Waals surface area contributed by atoms with Gasteiger partial charge in [-0.05, 0) is 96.4 Å². The number of allylic oxidation sites excluding steroid dienone is 4. The lowest BCUT2D eigenvalue weighted by Gasteiger charge is -2.36. The summed E-state index contributed by atoms with van der Waals surface area (Å²) in [5, 5.41) is 9.74. The van der Waals surface area contributed by atoms with Gasteiger partial charge >= 0.3 is 0 Å². The van der Waals surface area contributed by atoms with Crippen LogP contribution in [0.25, 0.3) is 0 Å². The largest absolute Gasteiger partial charge is 0.508 e. The van der Waals surface area contributed by atoms with Crippen LogP contribution in [0.4, 0.5) is 0 Å². The monoisotopic (exact) mass is 328 g/mol. The SMILES string of the molecule is CC(C)=CCC/C(C)=C/CCC1(C)CCc2cc(O)cc(C)c2O1. The molecule has 0 saturated heterocycles. The molecule has 2 rings (SSSR count). The molecule has 0 radical (unpaired) electrons. The Bertz CT molecular complexity index is 636. The fourth-order valence-corrected chi connectivity index (χ4v) is 3.35. The van der Waals surface area contributed by atoms with E-state index in [0.717, 1.165) is 55.4 Å². The molecular weight excluding hydrogens is 296 g/mol. The van der Waals surface area contributed by atoms with Crippen molar-refractivity contribution in [1.29, 1.82) is 0 Å². The number of rotatable bonds is 6. The summed E-state index contributed by atoms with van der Waals surface area (Å²) in [5.74, 6) is 1.32. The van der Waals surface area contributed by atoms with E-state index in [1.54, 1.807) is 6.07 Å². The van der Waals surface area contributed by atoms with E-state index in [1.165, 1.54) is 11.1 Å². The Balaban J connectivity index is 1.92. The van der Waals surface area contributed by atoms with Crippen molar-refractivity contribution in [3.05, 3.63) is 46.6 Å². The summed E-state index contributed by atoms with van der Waals surface area (Å²) in [6, 6.07) is 3.63. The zero-order chi connectivity index (χ0) is 17.7. The van der Waals surface area contributed by atoms with Gasteiger partial charge in [0.1, 0.15) is 17.1 Å². The third-order valence-corrected chi connectivity index (χ3v) is 4.87. The topological polar surface area (TPSA) is 29.5 Å².